The minimum Gasteiger partial charge on any atom is -0.316 e. The van der Waals surface area contributed by atoms with Gasteiger partial charge in [0, 0.05) is 6.04 Å². The maximum Gasteiger partial charge on any atom is 0.0638 e. The Morgan fingerprint density at radius 1 is 1.12 bits per heavy atom. The maximum atomic E-state index is 8.39. The molecule has 0 fully saturated rings. The Balaban J connectivity index is -0.000000103. The van der Waals surface area contributed by atoms with Crippen molar-refractivity contribution >= 4 is 0 Å². The van der Waals surface area contributed by atoms with Crippen molar-refractivity contribution in [1.82, 2.24) is 5.32 Å². The molecule has 0 amide bonds. The molecule has 1 unspecified atom stereocenters. The predicted octanol–water partition coefficient (Wildman–Crippen LogP) is 4.39. The molecule has 0 aliphatic heterocycles. The van der Waals surface area contributed by atoms with Gasteiger partial charge in [0.05, 0.1) is 12.5 Å². The first-order valence-corrected chi connectivity index (χ1v) is 6.25. The Kier molecular flexibility index (Phi) is 44.6. The third kappa shape index (κ3) is 29.2. The van der Waals surface area contributed by atoms with Crippen molar-refractivity contribution in [2.24, 2.45) is 5.92 Å². The molecule has 0 radical (unpaired) electrons. The first kappa shape index (κ1) is 24.4. The third-order valence-corrected chi connectivity index (χ3v) is 1.50. The normalized spacial score (nSPS) is 9.19. The monoisotopic (exact) mass is 228 g/mol. The second kappa shape index (κ2) is 29.2. The predicted molar refractivity (Wildman–Crippen MR) is 76.5 cm³/mol. The highest BCUT2D eigenvalue weighted by Crippen LogP contribution is 2.06. The minimum atomic E-state index is 0.380. The van der Waals surface area contributed by atoms with E-state index < -0.39 is 0 Å². The van der Waals surface area contributed by atoms with Crippen LogP contribution in [0.15, 0.2) is 13.2 Å². The second-order valence-electron chi connectivity index (χ2n) is 2.98. The molecule has 0 heterocycles. The summed E-state index contributed by atoms with van der Waals surface area (Å²) < 4.78 is 0. The summed E-state index contributed by atoms with van der Waals surface area (Å²) in [5, 5.41) is 11.5. The van der Waals surface area contributed by atoms with E-state index >= 15 is 0 Å². The van der Waals surface area contributed by atoms with E-state index in [9.17, 15) is 0 Å². The summed E-state index contributed by atoms with van der Waals surface area (Å²) in [6, 6.07) is 2.54. The molecule has 2 heteroatoms. The van der Waals surface area contributed by atoms with Crippen LogP contribution in [0, 0.1) is 17.2 Å². The average molecular weight is 228 g/mol. The molecule has 0 aliphatic carbocycles. The van der Waals surface area contributed by atoms with E-state index in [1.165, 1.54) is 0 Å². The Hall–Kier alpha value is -0.810. The maximum absolute atomic E-state index is 8.39. The lowest BCUT2D eigenvalue weighted by Gasteiger charge is -2.14. The number of nitrogens with one attached hydrogen (secondary N) is 1. The van der Waals surface area contributed by atoms with E-state index in [2.05, 4.69) is 38.4 Å². The zero-order valence-corrected chi connectivity index (χ0v) is 12.4. The average Bonchev–Trinajstić information content (AvgIpc) is 2.35. The van der Waals surface area contributed by atoms with Gasteiger partial charge in [-0.1, -0.05) is 41.5 Å². The lowest BCUT2D eigenvalue weighted by molar-refractivity contribution is 0.448. The number of nitrogens with zero attached hydrogens (tertiary/aromatic N) is 1. The van der Waals surface area contributed by atoms with E-state index in [1.807, 2.05) is 34.7 Å². The highest BCUT2D eigenvalue weighted by atomic mass is 14.9. The molecule has 0 aromatic carbocycles. The van der Waals surface area contributed by atoms with Crippen molar-refractivity contribution in [3.63, 3.8) is 0 Å². The first-order valence-electron chi connectivity index (χ1n) is 6.25. The fraction of sp³-hybridized carbons (Fsp3) is 0.786. The van der Waals surface area contributed by atoms with Gasteiger partial charge in [0.1, 0.15) is 0 Å². The van der Waals surface area contributed by atoms with Gasteiger partial charge in [0.25, 0.3) is 0 Å². The Morgan fingerprint density at radius 2 is 1.50 bits per heavy atom. The molecule has 16 heavy (non-hydrogen) atoms. The number of hydrogen-bond donors (Lipinski definition) is 1. The first-order chi connectivity index (χ1) is 7.70. The van der Waals surface area contributed by atoms with E-state index in [-0.39, 0.29) is 0 Å². The highest BCUT2D eigenvalue weighted by molar-refractivity contribution is 4.80. The highest BCUT2D eigenvalue weighted by Gasteiger charge is 2.06. The van der Waals surface area contributed by atoms with Crippen LogP contribution in [0.1, 0.15) is 54.4 Å². The van der Waals surface area contributed by atoms with Crippen molar-refractivity contribution in [1.29, 1.82) is 5.26 Å². The molecular weight excluding hydrogens is 196 g/mol. The SMILES string of the molecule is C=C.CC.CC.CNC(CC#N)CC(C)C. The number of nitriles is 1. The van der Waals surface area contributed by atoms with E-state index in [4.69, 9.17) is 5.26 Å². The molecule has 1 N–H and O–H groups in total. The molecule has 0 aromatic rings. The van der Waals surface area contributed by atoms with Crippen molar-refractivity contribution < 1.29 is 0 Å². The smallest absolute Gasteiger partial charge is 0.0638 e. The Labute approximate surface area is 104 Å². The third-order valence-electron chi connectivity index (χ3n) is 1.50. The zero-order valence-electron chi connectivity index (χ0n) is 12.4. The van der Waals surface area contributed by atoms with E-state index in [0.717, 1.165) is 6.42 Å². The van der Waals surface area contributed by atoms with Gasteiger partial charge in [0.2, 0.25) is 0 Å². The molecule has 0 saturated heterocycles. The van der Waals surface area contributed by atoms with Crippen LogP contribution < -0.4 is 5.32 Å². The molecule has 98 valence electrons. The fourth-order valence-corrected chi connectivity index (χ4v) is 0.982. The quantitative estimate of drug-likeness (QED) is 0.724. The van der Waals surface area contributed by atoms with Gasteiger partial charge in [-0.2, -0.15) is 5.26 Å². The van der Waals surface area contributed by atoms with Crippen LogP contribution in [0.3, 0.4) is 0 Å². The summed E-state index contributed by atoms with van der Waals surface area (Å²) in [6.45, 7) is 18.3. The number of hydrogen-bond acceptors (Lipinski definition) is 2. The summed E-state index contributed by atoms with van der Waals surface area (Å²) in [5.41, 5.74) is 0. The lowest BCUT2D eigenvalue weighted by Crippen LogP contribution is -2.26. The molecule has 0 bridgehead atoms. The molecule has 2 nitrogen and oxygen atoms in total. The van der Waals surface area contributed by atoms with Gasteiger partial charge in [-0.3, -0.25) is 0 Å². The van der Waals surface area contributed by atoms with Crippen molar-refractivity contribution in [2.45, 2.75) is 60.4 Å². The minimum absolute atomic E-state index is 0.380. The van der Waals surface area contributed by atoms with Crippen LogP contribution in [-0.4, -0.2) is 13.1 Å². The summed E-state index contributed by atoms with van der Waals surface area (Å²) in [6.07, 6.45) is 1.71. The van der Waals surface area contributed by atoms with Crippen molar-refractivity contribution in [3.05, 3.63) is 13.2 Å². The summed E-state index contributed by atoms with van der Waals surface area (Å²) >= 11 is 0. The van der Waals surface area contributed by atoms with Crippen LogP contribution in [0.2, 0.25) is 0 Å². The summed E-state index contributed by atoms with van der Waals surface area (Å²) in [5.74, 6) is 0.672. The van der Waals surface area contributed by atoms with Gasteiger partial charge in [-0.15, -0.1) is 13.2 Å². The van der Waals surface area contributed by atoms with Gasteiger partial charge in [-0.05, 0) is 19.4 Å². The van der Waals surface area contributed by atoms with Crippen LogP contribution in [-0.2, 0) is 0 Å². The number of rotatable bonds is 4. The van der Waals surface area contributed by atoms with Gasteiger partial charge < -0.3 is 5.32 Å². The largest absolute Gasteiger partial charge is 0.316 e. The van der Waals surface area contributed by atoms with Gasteiger partial charge >= 0.3 is 0 Å². The second-order valence-corrected chi connectivity index (χ2v) is 2.98. The zero-order chi connectivity index (χ0) is 14.0. The van der Waals surface area contributed by atoms with Crippen molar-refractivity contribution in [2.75, 3.05) is 7.05 Å². The van der Waals surface area contributed by atoms with Crippen LogP contribution in [0.4, 0.5) is 0 Å². The molecule has 1 atom stereocenters. The van der Waals surface area contributed by atoms with Crippen LogP contribution >= 0.6 is 0 Å². The van der Waals surface area contributed by atoms with E-state index in [0.29, 0.717) is 18.4 Å². The summed E-state index contributed by atoms with van der Waals surface area (Å²) in [7, 11) is 1.91. The van der Waals surface area contributed by atoms with Crippen LogP contribution in [0.5, 0.6) is 0 Å². The topological polar surface area (TPSA) is 35.8 Å². The standard InChI is InChI=1S/C8H16N2.2C2H6.C2H4/c1-7(2)6-8(10-3)4-5-9;3*1-2/h7-8,10H,4,6H2,1-3H3;2*1-2H3;1-2H2. The van der Waals surface area contributed by atoms with E-state index in [1.54, 1.807) is 0 Å². The molecule has 0 saturated carbocycles. The molecule has 0 aliphatic rings. The molecule has 0 spiro atoms. The molecule has 0 rings (SSSR count). The Bertz CT molecular complexity index is 125. The van der Waals surface area contributed by atoms with Crippen LogP contribution in [0.25, 0.3) is 0 Å². The van der Waals surface area contributed by atoms with Gasteiger partial charge in [-0.25, -0.2) is 0 Å². The fourth-order valence-electron chi connectivity index (χ4n) is 0.982. The molecule has 0 aromatic heterocycles. The Morgan fingerprint density at radius 3 is 1.69 bits per heavy atom. The summed E-state index contributed by atoms with van der Waals surface area (Å²) in [4.78, 5) is 0. The molecular formula is C14H32N2. The van der Waals surface area contributed by atoms with Gasteiger partial charge in [0.15, 0.2) is 0 Å². The van der Waals surface area contributed by atoms with Crippen molar-refractivity contribution in [3.8, 4) is 6.07 Å². The lowest BCUT2D eigenvalue weighted by atomic mass is 10.0.